The van der Waals surface area contributed by atoms with Crippen molar-refractivity contribution in [2.24, 2.45) is 5.92 Å². The van der Waals surface area contributed by atoms with E-state index in [2.05, 4.69) is 23.8 Å². The minimum absolute atomic E-state index is 0.0476. The molecule has 2 N–H and O–H groups in total. The van der Waals surface area contributed by atoms with Gasteiger partial charge >= 0.3 is 0 Å². The first-order valence-corrected chi connectivity index (χ1v) is 7.64. The largest absolute Gasteiger partial charge is 0.325 e. The molecule has 0 spiro atoms. The molecule has 3 nitrogen and oxygen atoms in total. The fourth-order valence-corrected chi connectivity index (χ4v) is 2.42. The average Bonchev–Trinajstić information content (AvgIpc) is 2.29. The first-order valence-electron chi connectivity index (χ1n) is 5.87. The van der Waals surface area contributed by atoms with Crippen LogP contribution in [0.25, 0.3) is 0 Å². The summed E-state index contributed by atoms with van der Waals surface area (Å²) in [7, 11) is 0. The molecule has 0 heterocycles. The zero-order valence-corrected chi connectivity index (χ0v) is 12.3. The topological polar surface area (TPSA) is 41.1 Å². The molecule has 0 saturated carbocycles. The second-order valence-corrected chi connectivity index (χ2v) is 5.60. The number of benzene rings is 1. The number of carbonyl (C=O) groups excluding carboxylic acids is 1. The molecule has 1 aromatic carbocycles. The molecule has 0 fully saturated rings. The molecule has 0 aliphatic carbocycles. The van der Waals surface area contributed by atoms with Crippen LogP contribution in [0.1, 0.15) is 6.92 Å². The minimum Gasteiger partial charge on any atom is -0.325 e. The summed E-state index contributed by atoms with van der Waals surface area (Å²) in [6.07, 6.45) is 2.09. The molecule has 1 unspecified atom stereocenters. The Kier molecular flexibility index (Phi) is 7.16. The molecular weight excluding hydrogens is 268 g/mol. The molecule has 5 heteroatoms. The van der Waals surface area contributed by atoms with Crippen LogP contribution in [0.15, 0.2) is 24.3 Å². The fraction of sp³-hybridized carbons (Fsp3) is 0.462. The Hall–Kier alpha value is -0.710. The van der Waals surface area contributed by atoms with Gasteiger partial charge in [0.2, 0.25) is 5.91 Å². The number of amides is 1. The number of nitrogens with one attached hydrogen (secondary N) is 2. The first kappa shape index (κ1) is 15.3. The van der Waals surface area contributed by atoms with Crippen LogP contribution in [0.2, 0.25) is 5.02 Å². The van der Waals surface area contributed by atoms with Crippen LogP contribution in [0.5, 0.6) is 0 Å². The van der Waals surface area contributed by atoms with E-state index in [0.29, 0.717) is 17.5 Å². The van der Waals surface area contributed by atoms with E-state index in [9.17, 15) is 4.79 Å². The molecule has 1 atom stereocenters. The molecule has 0 radical (unpaired) electrons. The van der Waals surface area contributed by atoms with Crippen LogP contribution in [0, 0.1) is 5.92 Å². The summed E-state index contributed by atoms with van der Waals surface area (Å²) < 4.78 is 0. The number of hydrogen-bond acceptors (Lipinski definition) is 3. The molecule has 0 aliphatic heterocycles. The number of thioether (sulfide) groups is 1. The molecule has 1 aromatic rings. The predicted octanol–water partition coefficient (Wildman–Crippen LogP) is 2.87. The molecule has 100 valence electrons. The Balaban J connectivity index is 2.25. The molecule has 1 rings (SSSR count). The monoisotopic (exact) mass is 286 g/mol. The van der Waals surface area contributed by atoms with Gasteiger partial charge in [-0.3, -0.25) is 4.79 Å². The van der Waals surface area contributed by atoms with Crippen molar-refractivity contribution >= 4 is 35.0 Å². The highest BCUT2D eigenvalue weighted by Gasteiger charge is 2.04. The van der Waals surface area contributed by atoms with Gasteiger partial charge in [-0.15, -0.1) is 0 Å². The van der Waals surface area contributed by atoms with E-state index in [1.165, 1.54) is 0 Å². The van der Waals surface area contributed by atoms with E-state index >= 15 is 0 Å². The molecule has 0 aliphatic rings. The van der Waals surface area contributed by atoms with Crippen molar-refractivity contribution in [3.8, 4) is 0 Å². The molecule has 0 saturated heterocycles. The van der Waals surface area contributed by atoms with E-state index in [-0.39, 0.29) is 5.91 Å². The number of halogens is 1. The van der Waals surface area contributed by atoms with Gasteiger partial charge in [-0.05, 0) is 42.7 Å². The van der Waals surface area contributed by atoms with E-state index in [1.807, 2.05) is 23.9 Å². The van der Waals surface area contributed by atoms with Gasteiger partial charge in [0.1, 0.15) is 0 Å². The number of anilines is 1. The Labute approximate surface area is 118 Å². The van der Waals surface area contributed by atoms with Gasteiger partial charge in [0, 0.05) is 10.7 Å². The van der Waals surface area contributed by atoms with E-state index < -0.39 is 0 Å². The predicted molar refractivity (Wildman–Crippen MR) is 80.5 cm³/mol. The van der Waals surface area contributed by atoms with Crippen LogP contribution in [-0.2, 0) is 4.79 Å². The van der Waals surface area contributed by atoms with Crippen LogP contribution in [-0.4, -0.2) is 31.0 Å². The Morgan fingerprint density at radius 1 is 1.50 bits per heavy atom. The lowest BCUT2D eigenvalue weighted by Gasteiger charge is -2.11. The van der Waals surface area contributed by atoms with Crippen molar-refractivity contribution < 1.29 is 4.79 Å². The first-order chi connectivity index (χ1) is 8.61. The lowest BCUT2D eigenvalue weighted by Crippen LogP contribution is -2.31. The standard InChI is InChI=1S/C13H19ClN2OS/c1-10(9-18-2)7-15-8-13(17)16-12-5-3-4-11(14)6-12/h3-6,10,15H,7-9H2,1-2H3,(H,16,17). The summed E-state index contributed by atoms with van der Waals surface area (Å²) in [5.74, 6) is 1.62. The summed E-state index contributed by atoms with van der Waals surface area (Å²) in [6, 6.07) is 7.14. The highest BCUT2D eigenvalue weighted by Crippen LogP contribution is 2.14. The molecule has 0 bridgehead atoms. The van der Waals surface area contributed by atoms with Crippen LogP contribution in [0.3, 0.4) is 0 Å². The average molecular weight is 287 g/mol. The minimum atomic E-state index is -0.0476. The fourth-order valence-electron chi connectivity index (χ4n) is 1.55. The molecular formula is C13H19ClN2OS. The zero-order chi connectivity index (χ0) is 13.4. The number of hydrogen-bond donors (Lipinski definition) is 2. The lowest BCUT2D eigenvalue weighted by molar-refractivity contribution is -0.115. The summed E-state index contributed by atoms with van der Waals surface area (Å²) in [5.41, 5.74) is 0.728. The van der Waals surface area contributed by atoms with Gasteiger partial charge in [0.05, 0.1) is 6.54 Å². The normalized spacial score (nSPS) is 12.2. The van der Waals surface area contributed by atoms with Gasteiger partial charge in [0.15, 0.2) is 0 Å². The van der Waals surface area contributed by atoms with Crippen molar-refractivity contribution in [2.75, 3.05) is 30.4 Å². The van der Waals surface area contributed by atoms with Crippen molar-refractivity contribution in [2.45, 2.75) is 6.92 Å². The van der Waals surface area contributed by atoms with E-state index in [0.717, 1.165) is 18.0 Å². The second kappa shape index (κ2) is 8.40. The molecule has 1 amide bonds. The van der Waals surface area contributed by atoms with Crippen molar-refractivity contribution in [1.82, 2.24) is 5.32 Å². The van der Waals surface area contributed by atoms with Crippen LogP contribution in [0.4, 0.5) is 5.69 Å². The highest BCUT2D eigenvalue weighted by atomic mass is 35.5. The summed E-state index contributed by atoms with van der Waals surface area (Å²) >= 11 is 7.66. The van der Waals surface area contributed by atoms with Crippen molar-refractivity contribution in [3.05, 3.63) is 29.3 Å². The Morgan fingerprint density at radius 3 is 2.94 bits per heavy atom. The quantitative estimate of drug-likeness (QED) is 0.810. The van der Waals surface area contributed by atoms with Crippen LogP contribution >= 0.6 is 23.4 Å². The van der Waals surface area contributed by atoms with Gasteiger partial charge in [0.25, 0.3) is 0 Å². The molecule has 18 heavy (non-hydrogen) atoms. The number of rotatable bonds is 7. The second-order valence-electron chi connectivity index (χ2n) is 4.25. The third-order valence-corrected chi connectivity index (χ3v) is 3.48. The van der Waals surface area contributed by atoms with Crippen LogP contribution < -0.4 is 10.6 Å². The molecule has 0 aromatic heterocycles. The SMILES string of the molecule is CSCC(C)CNCC(=O)Nc1cccc(Cl)c1. The zero-order valence-electron chi connectivity index (χ0n) is 10.7. The lowest BCUT2D eigenvalue weighted by atomic mass is 10.2. The van der Waals surface area contributed by atoms with Gasteiger partial charge in [-0.2, -0.15) is 11.8 Å². The maximum absolute atomic E-state index is 11.6. The number of carbonyl (C=O) groups is 1. The Morgan fingerprint density at radius 2 is 2.28 bits per heavy atom. The summed E-state index contributed by atoms with van der Waals surface area (Å²) in [5, 5.41) is 6.56. The van der Waals surface area contributed by atoms with Crippen molar-refractivity contribution in [1.29, 1.82) is 0 Å². The summed E-state index contributed by atoms with van der Waals surface area (Å²) in [4.78, 5) is 11.6. The summed E-state index contributed by atoms with van der Waals surface area (Å²) in [6.45, 7) is 3.34. The third kappa shape index (κ3) is 6.28. The highest BCUT2D eigenvalue weighted by molar-refractivity contribution is 7.98. The maximum Gasteiger partial charge on any atom is 0.238 e. The van der Waals surface area contributed by atoms with E-state index in [4.69, 9.17) is 11.6 Å². The van der Waals surface area contributed by atoms with Crippen molar-refractivity contribution in [3.63, 3.8) is 0 Å². The maximum atomic E-state index is 11.6. The van der Waals surface area contributed by atoms with Gasteiger partial charge in [-0.1, -0.05) is 24.6 Å². The Bertz CT molecular complexity index is 387. The van der Waals surface area contributed by atoms with Gasteiger partial charge < -0.3 is 10.6 Å². The van der Waals surface area contributed by atoms with E-state index in [1.54, 1.807) is 12.1 Å². The third-order valence-electron chi connectivity index (χ3n) is 2.34. The van der Waals surface area contributed by atoms with Gasteiger partial charge in [-0.25, -0.2) is 0 Å². The smallest absolute Gasteiger partial charge is 0.238 e.